The number of aromatic nitrogens is 5. The van der Waals surface area contributed by atoms with Crippen molar-refractivity contribution in [3.8, 4) is 23.2 Å². The first kappa shape index (κ1) is 32.2. The lowest BCUT2D eigenvalue weighted by Crippen LogP contribution is -2.57. The second kappa shape index (κ2) is 11.9. The van der Waals surface area contributed by atoms with Gasteiger partial charge in [0, 0.05) is 42.6 Å². The van der Waals surface area contributed by atoms with E-state index in [1.807, 2.05) is 11.0 Å². The molecule has 5 aromatic rings. The highest BCUT2D eigenvalue weighted by atomic mass is 35.5. The third-order valence-corrected chi connectivity index (χ3v) is 12.0. The molecule has 12 nitrogen and oxygen atoms in total. The van der Waals surface area contributed by atoms with Crippen LogP contribution in [0.2, 0.25) is 5.02 Å². The number of benzene rings is 2. The number of nitriles is 1. The zero-order chi connectivity index (χ0) is 35.2. The zero-order valence-electron chi connectivity index (χ0n) is 27.0. The quantitative estimate of drug-likeness (QED) is 0.237. The standard InChI is InChI=1S/C34H30ClF3N10O2S/c35-23-8-22-27(26(38)25(23)21-4-5-24(37)29-28(21)42-31(40)51-29)43-32(50-16-34-6-1-7-46(34)13-18(36)9-34)44-30(22)45-14-19-2-3-20(15-45)48(19)33(49)47-12-17(10-39)11-41-47/h4-5,8,11-12,18-20H,1-3,6-7,9,13-16H2,(H2,40,42)/t18-,19?,20?,34+/m1/s1. The van der Waals surface area contributed by atoms with Crippen LogP contribution in [0.3, 0.4) is 0 Å². The molecule has 0 spiro atoms. The van der Waals surface area contributed by atoms with E-state index in [4.69, 9.17) is 27.1 Å². The lowest BCUT2D eigenvalue weighted by atomic mass is 9.95. The fourth-order valence-electron chi connectivity index (χ4n) is 8.55. The second-order valence-corrected chi connectivity index (χ2v) is 15.2. The van der Waals surface area contributed by atoms with Gasteiger partial charge in [0.1, 0.15) is 36.0 Å². The fourth-order valence-corrected chi connectivity index (χ4v) is 9.60. The van der Waals surface area contributed by atoms with Crippen molar-refractivity contribution in [1.82, 2.24) is 34.5 Å². The number of piperazine rings is 1. The van der Waals surface area contributed by atoms with E-state index >= 15 is 4.39 Å². The van der Waals surface area contributed by atoms with E-state index < -0.39 is 23.3 Å². The zero-order valence-corrected chi connectivity index (χ0v) is 28.6. The van der Waals surface area contributed by atoms with Crippen LogP contribution in [0.5, 0.6) is 6.01 Å². The van der Waals surface area contributed by atoms with E-state index in [-0.39, 0.29) is 73.3 Å². The molecule has 51 heavy (non-hydrogen) atoms. The van der Waals surface area contributed by atoms with Crippen molar-refractivity contribution in [3.63, 3.8) is 0 Å². The summed E-state index contributed by atoms with van der Waals surface area (Å²) in [5.41, 5.74) is 6.09. The van der Waals surface area contributed by atoms with Gasteiger partial charge < -0.3 is 20.3 Å². The van der Waals surface area contributed by atoms with Gasteiger partial charge in [-0.1, -0.05) is 22.9 Å². The normalized spacial score (nSPS) is 24.5. The third kappa shape index (κ3) is 5.15. The molecule has 2 bridgehead atoms. The van der Waals surface area contributed by atoms with Crippen molar-refractivity contribution in [2.24, 2.45) is 0 Å². The summed E-state index contributed by atoms with van der Waals surface area (Å²) in [7, 11) is 0. The molecule has 9 rings (SSSR count). The number of nitrogens with two attached hydrogens (primary N) is 1. The maximum absolute atomic E-state index is 17.0. The highest BCUT2D eigenvalue weighted by Crippen LogP contribution is 2.45. The van der Waals surface area contributed by atoms with E-state index in [9.17, 15) is 18.8 Å². The summed E-state index contributed by atoms with van der Waals surface area (Å²) in [5.74, 6) is -0.914. The minimum Gasteiger partial charge on any atom is -0.461 e. The summed E-state index contributed by atoms with van der Waals surface area (Å²) in [4.78, 5) is 33.1. The Balaban J connectivity index is 1.13. The average molecular weight is 735 g/mol. The highest BCUT2D eigenvalue weighted by Gasteiger charge is 2.50. The number of fused-ring (bicyclic) bond motifs is 5. The van der Waals surface area contributed by atoms with Gasteiger partial charge in [-0.15, -0.1) is 0 Å². The molecule has 4 aliphatic rings. The van der Waals surface area contributed by atoms with Crippen LogP contribution in [0.15, 0.2) is 30.6 Å². The molecule has 4 aliphatic heterocycles. The Labute approximate surface area is 298 Å². The second-order valence-electron chi connectivity index (χ2n) is 13.7. The van der Waals surface area contributed by atoms with E-state index in [0.29, 0.717) is 37.3 Å². The molecule has 7 heterocycles. The van der Waals surface area contributed by atoms with E-state index in [2.05, 4.69) is 20.0 Å². The maximum atomic E-state index is 17.0. The molecule has 4 saturated heterocycles. The van der Waals surface area contributed by atoms with Gasteiger partial charge in [-0.3, -0.25) is 4.90 Å². The number of alkyl halides is 1. The molecule has 4 atom stereocenters. The van der Waals surface area contributed by atoms with Crippen LogP contribution in [0.25, 0.3) is 32.2 Å². The Kier molecular flexibility index (Phi) is 7.53. The molecule has 1 amide bonds. The Morgan fingerprint density at radius 2 is 1.96 bits per heavy atom. The van der Waals surface area contributed by atoms with Gasteiger partial charge in [-0.2, -0.15) is 25.0 Å². The number of ether oxygens (including phenoxy) is 1. The number of nitrogens with zero attached hydrogens (tertiary/aromatic N) is 9. The van der Waals surface area contributed by atoms with Crippen molar-refractivity contribution in [2.75, 3.05) is 43.4 Å². The Bertz CT molecular complexity index is 2280. The summed E-state index contributed by atoms with van der Waals surface area (Å²) in [5, 5.41) is 13.8. The van der Waals surface area contributed by atoms with Crippen molar-refractivity contribution >= 4 is 61.0 Å². The number of carbonyl (C=O) groups excluding carboxylic acids is 1. The van der Waals surface area contributed by atoms with Crippen LogP contribution in [0.4, 0.5) is 28.9 Å². The molecule has 262 valence electrons. The molecular weight excluding hydrogens is 705 g/mol. The average Bonchev–Trinajstić information content (AvgIpc) is 3.93. The summed E-state index contributed by atoms with van der Waals surface area (Å²) in [6.07, 6.45) is 5.28. The van der Waals surface area contributed by atoms with Crippen LogP contribution in [-0.4, -0.2) is 97.1 Å². The maximum Gasteiger partial charge on any atom is 0.345 e. The molecule has 17 heteroatoms. The molecule has 3 aromatic heterocycles. The topological polar surface area (TPSA) is 142 Å². The lowest BCUT2D eigenvalue weighted by Gasteiger charge is -2.41. The van der Waals surface area contributed by atoms with Crippen molar-refractivity contribution < 1.29 is 22.7 Å². The molecule has 0 saturated carbocycles. The smallest absolute Gasteiger partial charge is 0.345 e. The number of nitrogen functional groups attached to an aromatic ring is 1. The van der Waals surface area contributed by atoms with Gasteiger partial charge in [0.15, 0.2) is 10.9 Å². The van der Waals surface area contributed by atoms with E-state index in [1.54, 1.807) is 11.0 Å². The van der Waals surface area contributed by atoms with Crippen LogP contribution < -0.4 is 15.4 Å². The SMILES string of the molecule is N#Cc1cnn(C(=O)N2C3CCC2CN(c2nc(OC[C@@]45CCCN4C[C@H](F)C5)nc4c(F)c(-c5ccc(F)c6sc(N)nc56)c(Cl)cc24)C3)c1. The number of amides is 1. The molecule has 2 N–H and O–H groups in total. The minimum atomic E-state index is -0.959. The summed E-state index contributed by atoms with van der Waals surface area (Å²) < 4.78 is 53.9. The molecule has 2 unspecified atom stereocenters. The predicted octanol–water partition coefficient (Wildman–Crippen LogP) is 5.76. The van der Waals surface area contributed by atoms with Crippen molar-refractivity contribution in [1.29, 1.82) is 5.26 Å². The molecule has 4 fully saturated rings. The van der Waals surface area contributed by atoms with Crippen molar-refractivity contribution in [3.05, 3.63) is 52.8 Å². The number of hydrogen-bond acceptors (Lipinski definition) is 11. The first-order valence-electron chi connectivity index (χ1n) is 16.7. The number of hydrogen-bond donors (Lipinski definition) is 1. The number of carbonyl (C=O) groups is 1. The fraction of sp³-hybridized carbons (Fsp3) is 0.412. The van der Waals surface area contributed by atoms with Gasteiger partial charge in [0.2, 0.25) is 0 Å². The molecular formula is C34H30ClF3N10O2S. The Morgan fingerprint density at radius 1 is 1.16 bits per heavy atom. The van der Waals surface area contributed by atoms with Crippen LogP contribution in [-0.2, 0) is 0 Å². The lowest BCUT2D eigenvalue weighted by molar-refractivity contribution is 0.107. The Morgan fingerprint density at radius 3 is 2.73 bits per heavy atom. The van der Waals surface area contributed by atoms with Gasteiger partial charge in [0.25, 0.3) is 0 Å². The van der Waals surface area contributed by atoms with Crippen LogP contribution in [0.1, 0.15) is 37.7 Å². The number of thiazole rings is 1. The molecule has 0 aliphatic carbocycles. The highest BCUT2D eigenvalue weighted by molar-refractivity contribution is 7.22. The van der Waals surface area contributed by atoms with E-state index in [0.717, 1.165) is 43.6 Å². The van der Waals surface area contributed by atoms with Gasteiger partial charge in [-0.05, 0) is 50.4 Å². The van der Waals surface area contributed by atoms with Gasteiger partial charge in [-0.25, -0.2) is 22.9 Å². The van der Waals surface area contributed by atoms with Crippen LogP contribution in [0, 0.1) is 23.0 Å². The molecule has 0 radical (unpaired) electrons. The number of rotatable bonds is 5. The first-order valence-corrected chi connectivity index (χ1v) is 17.9. The van der Waals surface area contributed by atoms with Gasteiger partial charge in [0.05, 0.1) is 50.8 Å². The Hall–Kier alpha value is -4.72. The number of halogens is 4. The molecule has 2 aromatic carbocycles. The predicted molar refractivity (Wildman–Crippen MR) is 185 cm³/mol. The van der Waals surface area contributed by atoms with Crippen LogP contribution >= 0.6 is 22.9 Å². The summed E-state index contributed by atoms with van der Waals surface area (Å²) in [6.45, 7) is 2.01. The minimum absolute atomic E-state index is 0.0156. The third-order valence-electron chi connectivity index (χ3n) is 10.8. The van der Waals surface area contributed by atoms with Crippen molar-refractivity contribution in [2.45, 2.75) is 55.9 Å². The number of anilines is 2. The van der Waals surface area contributed by atoms with Gasteiger partial charge >= 0.3 is 12.0 Å². The first-order chi connectivity index (χ1) is 24.6. The summed E-state index contributed by atoms with van der Waals surface area (Å²) >= 11 is 7.81. The summed E-state index contributed by atoms with van der Waals surface area (Å²) in [6, 6.07) is 5.41. The monoisotopic (exact) mass is 734 g/mol. The van der Waals surface area contributed by atoms with E-state index in [1.165, 1.54) is 29.2 Å². The largest absolute Gasteiger partial charge is 0.461 e.